The van der Waals surface area contributed by atoms with E-state index in [4.69, 9.17) is 22.8 Å². The normalized spacial score (nSPS) is 15.4. The maximum absolute atomic E-state index is 12.8. The lowest BCUT2D eigenvalue weighted by Gasteiger charge is -2.31. The summed E-state index contributed by atoms with van der Waals surface area (Å²) in [5.74, 6) is 2.01. The molecule has 1 aliphatic rings. The van der Waals surface area contributed by atoms with Crippen LogP contribution in [-0.2, 0) is 9.59 Å². The predicted octanol–water partition coefficient (Wildman–Crippen LogP) is 4.03. The zero-order chi connectivity index (χ0) is 21.7. The number of terminal acetylenes is 1. The minimum atomic E-state index is -0.524. The van der Waals surface area contributed by atoms with Gasteiger partial charge in [0.2, 0.25) is 5.91 Å². The Morgan fingerprint density at radius 1 is 1.31 bits per heavy atom. The van der Waals surface area contributed by atoms with Gasteiger partial charge >= 0.3 is 0 Å². The van der Waals surface area contributed by atoms with Crippen molar-refractivity contribution in [3.05, 3.63) is 33.7 Å². The topological polar surface area (TPSA) is 66.9 Å². The second kappa shape index (κ2) is 9.86. The number of benzene rings is 1. The molecular weight excluding hydrogens is 412 g/mol. The summed E-state index contributed by atoms with van der Waals surface area (Å²) in [6.07, 6.45) is 6.75. The van der Waals surface area contributed by atoms with E-state index in [0.717, 1.165) is 16.7 Å². The molecule has 1 aromatic carbocycles. The van der Waals surface area contributed by atoms with Crippen LogP contribution in [0.5, 0.6) is 5.75 Å². The third-order valence-electron chi connectivity index (χ3n) is 4.14. The van der Waals surface area contributed by atoms with E-state index in [1.807, 2.05) is 27.7 Å². The van der Waals surface area contributed by atoms with Gasteiger partial charge in [0.1, 0.15) is 18.9 Å². The smallest absolute Gasteiger partial charge is 0.294 e. The van der Waals surface area contributed by atoms with Crippen molar-refractivity contribution < 1.29 is 19.1 Å². The van der Waals surface area contributed by atoms with Crippen molar-refractivity contribution >= 4 is 46.5 Å². The van der Waals surface area contributed by atoms with Crippen molar-refractivity contribution in [1.29, 1.82) is 0 Å². The molecule has 1 saturated heterocycles. The summed E-state index contributed by atoms with van der Waals surface area (Å²) in [6, 6.07) is 4.82. The summed E-state index contributed by atoms with van der Waals surface area (Å²) >= 11 is 6.82. The lowest BCUT2D eigenvalue weighted by atomic mass is 10.2. The Kier molecular flexibility index (Phi) is 7.77. The van der Waals surface area contributed by atoms with Crippen molar-refractivity contribution in [2.75, 3.05) is 13.2 Å². The molecule has 29 heavy (non-hydrogen) atoms. The molecule has 2 rings (SSSR count). The van der Waals surface area contributed by atoms with Crippen molar-refractivity contribution in [2.45, 2.75) is 39.8 Å². The molecule has 0 bridgehead atoms. The van der Waals surface area contributed by atoms with Crippen molar-refractivity contribution in [2.24, 2.45) is 0 Å². The Labute approximate surface area is 180 Å². The van der Waals surface area contributed by atoms with E-state index in [-0.39, 0.29) is 36.0 Å². The second-order valence-corrected chi connectivity index (χ2v) is 8.36. The Balaban J connectivity index is 2.26. The van der Waals surface area contributed by atoms with Crippen LogP contribution in [0.2, 0.25) is 5.02 Å². The summed E-state index contributed by atoms with van der Waals surface area (Å²) in [7, 11) is 0. The summed E-state index contributed by atoms with van der Waals surface area (Å²) in [4.78, 5) is 40.6. The molecular formula is C21H23ClN2O4S. The van der Waals surface area contributed by atoms with Crippen LogP contribution in [0.15, 0.2) is 23.1 Å². The Morgan fingerprint density at radius 2 is 1.97 bits per heavy atom. The molecule has 0 saturated carbocycles. The number of amides is 3. The van der Waals surface area contributed by atoms with Crippen LogP contribution in [0.25, 0.3) is 6.08 Å². The van der Waals surface area contributed by atoms with Gasteiger partial charge in [-0.1, -0.05) is 17.5 Å². The lowest BCUT2D eigenvalue weighted by molar-refractivity contribution is -0.138. The van der Waals surface area contributed by atoms with Gasteiger partial charge in [0.05, 0.1) is 4.91 Å². The van der Waals surface area contributed by atoms with Gasteiger partial charge in [-0.2, -0.15) is 0 Å². The molecule has 3 amide bonds. The number of hydrogen-bond acceptors (Lipinski definition) is 5. The van der Waals surface area contributed by atoms with Crippen LogP contribution in [0.1, 0.15) is 33.3 Å². The average molecular weight is 435 g/mol. The number of nitrogens with zero attached hydrogens (tertiary/aromatic N) is 2. The van der Waals surface area contributed by atoms with E-state index in [9.17, 15) is 14.4 Å². The maximum atomic E-state index is 12.8. The Hall–Kier alpha value is -2.43. The highest BCUT2D eigenvalue weighted by Gasteiger charge is 2.37. The molecule has 8 heteroatoms. The van der Waals surface area contributed by atoms with Crippen LogP contribution < -0.4 is 4.74 Å². The molecule has 0 N–H and O–H groups in total. The highest BCUT2D eigenvalue weighted by Crippen LogP contribution is 2.35. The van der Waals surface area contributed by atoms with E-state index in [1.54, 1.807) is 23.1 Å². The first kappa shape index (κ1) is 22.9. The number of carbonyl (C=O) groups excluding carboxylic acids is 3. The second-order valence-electron chi connectivity index (χ2n) is 6.93. The third-order valence-corrected chi connectivity index (χ3v) is 5.28. The SMILES string of the molecule is C#CCOc1ccc(Cl)cc1/C=C1\SC(=O)N(CC(=O)N(C(C)C)C(C)C)C1=O. The number of carbonyl (C=O) groups is 3. The van der Waals surface area contributed by atoms with Crippen LogP contribution >= 0.6 is 23.4 Å². The fraction of sp³-hybridized carbons (Fsp3) is 0.381. The van der Waals surface area contributed by atoms with Gasteiger partial charge < -0.3 is 9.64 Å². The molecule has 1 aromatic rings. The van der Waals surface area contributed by atoms with Gasteiger partial charge in [-0.05, 0) is 63.7 Å². The molecule has 1 heterocycles. The fourth-order valence-electron chi connectivity index (χ4n) is 3.05. The number of halogens is 1. The standard InChI is InChI=1S/C21H23ClN2O4S/c1-6-9-28-17-8-7-16(22)10-15(17)11-18-20(26)23(21(27)29-18)12-19(25)24(13(2)3)14(4)5/h1,7-8,10-11,13-14H,9,12H2,2-5H3/b18-11-. The van der Waals surface area contributed by atoms with Crippen molar-refractivity contribution in [3.8, 4) is 18.1 Å². The molecule has 6 nitrogen and oxygen atoms in total. The van der Waals surface area contributed by atoms with E-state index in [1.165, 1.54) is 6.08 Å². The van der Waals surface area contributed by atoms with Gasteiger partial charge in [0, 0.05) is 22.7 Å². The fourth-order valence-corrected chi connectivity index (χ4v) is 4.06. The molecule has 154 valence electrons. The first-order chi connectivity index (χ1) is 13.6. The van der Waals surface area contributed by atoms with Crippen molar-refractivity contribution in [1.82, 2.24) is 9.80 Å². The highest BCUT2D eigenvalue weighted by atomic mass is 35.5. The first-order valence-electron chi connectivity index (χ1n) is 9.08. The largest absolute Gasteiger partial charge is 0.480 e. The molecule has 0 atom stereocenters. The van der Waals surface area contributed by atoms with E-state index < -0.39 is 11.1 Å². The molecule has 0 aromatic heterocycles. The minimum absolute atomic E-state index is 0.0414. The minimum Gasteiger partial charge on any atom is -0.480 e. The predicted molar refractivity (Wildman–Crippen MR) is 116 cm³/mol. The van der Waals surface area contributed by atoms with Crippen LogP contribution in [0.3, 0.4) is 0 Å². The molecule has 0 aliphatic carbocycles. The first-order valence-corrected chi connectivity index (χ1v) is 10.3. The van der Waals surface area contributed by atoms with Crippen LogP contribution in [0.4, 0.5) is 4.79 Å². The van der Waals surface area contributed by atoms with Crippen molar-refractivity contribution in [3.63, 3.8) is 0 Å². The van der Waals surface area contributed by atoms with E-state index in [0.29, 0.717) is 16.3 Å². The van der Waals surface area contributed by atoms with Gasteiger partial charge in [0.25, 0.3) is 11.1 Å². The zero-order valence-corrected chi connectivity index (χ0v) is 18.3. The number of imide groups is 1. The Morgan fingerprint density at radius 3 is 2.55 bits per heavy atom. The highest BCUT2D eigenvalue weighted by molar-refractivity contribution is 8.18. The summed E-state index contributed by atoms with van der Waals surface area (Å²) in [5, 5.41) is -0.0431. The number of rotatable bonds is 7. The monoisotopic (exact) mass is 434 g/mol. The summed E-state index contributed by atoms with van der Waals surface area (Å²) in [6.45, 7) is 7.32. The molecule has 1 fully saturated rings. The maximum Gasteiger partial charge on any atom is 0.294 e. The van der Waals surface area contributed by atoms with Gasteiger partial charge in [-0.3, -0.25) is 19.3 Å². The number of thioether (sulfide) groups is 1. The van der Waals surface area contributed by atoms with E-state index >= 15 is 0 Å². The molecule has 1 aliphatic heterocycles. The van der Waals surface area contributed by atoms with Gasteiger partial charge in [-0.15, -0.1) is 6.42 Å². The summed E-state index contributed by atoms with van der Waals surface area (Å²) in [5.41, 5.74) is 0.524. The average Bonchev–Trinajstić information content (AvgIpc) is 2.88. The lowest BCUT2D eigenvalue weighted by Crippen LogP contribution is -2.48. The number of ether oxygens (including phenoxy) is 1. The molecule has 0 radical (unpaired) electrons. The molecule has 0 unspecified atom stereocenters. The Bertz CT molecular complexity index is 881. The summed E-state index contributed by atoms with van der Waals surface area (Å²) < 4.78 is 5.47. The van der Waals surface area contributed by atoms with Gasteiger partial charge in [-0.25, -0.2) is 0 Å². The van der Waals surface area contributed by atoms with Crippen LogP contribution in [-0.4, -0.2) is 52.1 Å². The third kappa shape index (κ3) is 5.55. The van der Waals surface area contributed by atoms with Crippen LogP contribution in [0, 0.1) is 12.3 Å². The van der Waals surface area contributed by atoms with Gasteiger partial charge in [0.15, 0.2) is 0 Å². The molecule has 0 spiro atoms. The van der Waals surface area contributed by atoms with E-state index in [2.05, 4.69) is 5.92 Å². The number of hydrogen-bond donors (Lipinski definition) is 0. The quantitative estimate of drug-likeness (QED) is 0.478. The zero-order valence-electron chi connectivity index (χ0n) is 16.8.